The smallest absolute Gasteiger partial charge is 0.267 e. The number of nitrogens with zero attached hydrogens (tertiary/aromatic N) is 3. The monoisotopic (exact) mass is 575 g/mol. The van der Waals surface area contributed by atoms with Crippen molar-refractivity contribution in [2.24, 2.45) is 5.92 Å². The number of nitrogens with one attached hydrogen (secondary N) is 2. The highest BCUT2D eigenvalue weighted by atomic mass is 32.2. The molecule has 0 fully saturated rings. The number of benzene rings is 2. The second-order valence-corrected chi connectivity index (χ2v) is 13.0. The van der Waals surface area contributed by atoms with Crippen LogP contribution >= 0.6 is 11.3 Å². The first-order chi connectivity index (χ1) is 18.3. The maximum Gasteiger partial charge on any atom is 0.267 e. The minimum absolute atomic E-state index is 0.323. The van der Waals surface area contributed by atoms with Crippen LogP contribution in [-0.4, -0.2) is 29.9 Å². The zero-order valence-corrected chi connectivity index (χ0v) is 23.6. The number of anilines is 2. The van der Waals surface area contributed by atoms with E-state index in [-0.39, 0.29) is 5.41 Å². The van der Waals surface area contributed by atoms with Gasteiger partial charge in [-0.3, -0.25) is 4.72 Å². The molecule has 2 heterocycles. The predicted octanol–water partition coefficient (Wildman–Crippen LogP) is 6.85. The van der Waals surface area contributed by atoms with Crippen molar-refractivity contribution in [1.82, 2.24) is 15.0 Å². The summed E-state index contributed by atoms with van der Waals surface area (Å²) in [6.45, 7) is 10.8. The van der Waals surface area contributed by atoms with E-state index in [1.807, 2.05) is 25.5 Å². The number of thiazole rings is 1. The first kappa shape index (κ1) is 28.5. The molecule has 4 aromatic rings. The molecule has 39 heavy (non-hydrogen) atoms. The highest BCUT2D eigenvalue weighted by molar-refractivity contribution is 7.92. The van der Waals surface area contributed by atoms with Crippen molar-refractivity contribution in [3.63, 3.8) is 0 Å². The molecule has 7 nitrogen and oxygen atoms in total. The Labute approximate surface area is 229 Å². The fourth-order valence-corrected chi connectivity index (χ4v) is 5.87. The molecule has 0 bridgehead atoms. The van der Waals surface area contributed by atoms with Crippen molar-refractivity contribution in [1.29, 1.82) is 0 Å². The SMILES string of the molecule is CC(C)CNc1nccc(-c2sc(C(C)(C)C)nc2-c2ccc(F)c(NS(=O)(=O)c3c(F)cccc3F)c2)n1. The van der Waals surface area contributed by atoms with E-state index in [9.17, 15) is 21.6 Å². The number of rotatable bonds is 8. The van der Waals surface area contributed by atoms with E-state index >= 15 is 0 Å². The molecule has 0 saturated heterocycles. The van der Waals surface area contributed by atoms with Gasteiger partial charge in [0, 0.05) is 23.7 Å². The average molecular weight is 576 g/mol. The molecule has 0 spiro atoms. The lowest BCUT2D eigenvalue weighted by Crippen LogP contribution is -2.17. The van der Waals surface area contributed by atoms with E-state index in [0.29, 0.717) is 40.2 Å². The van der Waals surface area contributed by atoms with Gasteiger partial charge in [0.1, 0.15) is 17.5 Å². The largest absolute Gasteiger partial charge is 0.354 e. The van der Waals surface area contributed by atoms with Gasteiger partial charge in [-0.15, -0.1) is 11.3 Å². The van der Waals surface area contributed by atoms with Gasteiger partial charge in [-0.25, -0.2) is 36.5 Å². The highest BCUT2D eigenvalue weighted by Gasteiger charge is 2.27. The molecule has 2 N–H and O–H groups in total. The van der Waals surface area contributed by atoms with Crippen LogP contribution < -0.4 is 10.0 Å². The third kappa shape index (κ3) is 6.39. The van der Waals surface area contributed by atoms with E-state index in [1.54, 1.807) is 12.3 Å². The number of aromatic nitrogens is 3. The summed E-state index contributed by atoms with van der Waals surface area (Å²) in [7, 11) is -4.78. The van der Waals surface area contributed by atoms with Crippen molar-refractivity contribution in [2.45, 2.75) is 44.9 Å². The number of halogens is 3. The van der Waals surface area contributed by atoms with E-state index in [4.69, 9.17) is 4.98 Å². The molecular weight excluding hydrogens is 547 g/mol. The second-order valence-electron chi connectivity index (χ2n) is 10.3. The van der Waals surface area contributed by atoms with E-state index in [1.165, 1.54) is 23.5 Å². The Morgan fingerprint density at radius 1 is 0.974 bits per heavy atom. The quantitative estimate of drug-likeness (QED) is 0.239. The van der Waals surface area contributed by atoms with Crippen LogP contribution in [-0.2, 0) is 15.4 Å². The molecule has 206 valence electrons. The molecule has 4 rings (SSSR count). The summed E-state index contributed by atoms with van der Waals surface area (Å²) in [6, 6.07) is 8.17. The Hall–Kier alpha value is -3.51. The van der Waals surface area contributed by atoms with Gasteiger partial charge in [-0.2, -0.15) is 0 Å². The van der Waals surface area contributed by atoms with Gasteiger partial charge in [-0.05, 0) is 42.3 Å². The normalized spacial score (nSPS) is 12.1. The summed E-state index contributed by atoms with van der Waals surface area (Å²) in [5.74, 6) is -2.68. The second kappa shape index (κ2) is 10.9. The Bertz CT molecular complexity index is 1600. The highest BCUT2D eigenvalue weighted by Crippen LogP contribution is 2.41. The van der Waals surface area contributed by atoms with Gasteiger partial charge in [0.25, 0.3) is 10.0 Å². The van der Waals surface area contributed by atoms with Gasteiger partial charge in [-0.1, -0.05) is 40.7 Å². The summed E-state index contributed by atoms with van der Waals surface area (Å²) < 4.78 is 70.8. The van der Waals surface area contributed by atoms with Crippen molar-refractivity contribution >= 4 is 33.0 Å². The minimum atomic E-state index is -4.78. The molecule has 0 aliphatic heterocycles. The molecule has 0 unspecified atom stereocenters. The summed E-state index contributed by atoms with van der Waals surface area (Å²) in [6.07, 6.45) is 1.62. The van der Waals surface area contributed by atoms with Gasteiger partial charge in [0.2, 0.25) is 5.95 Å². The van der Waals surface area contributed by atoms with Gasteiger partial charge in [0.15, 0.2) is 4.90 Å². The number of sulfonamides is 1. The molecule has 2 aromatic carbocycles. The summed E-state index contributed by atoms with van der Waals surface area (Å²) in [5, 5.41) is 3.97. The molecule has 0 aliphatic carbocycles. The Balaban J connectivity index is 1.80. The van der Waals surface area contributed by atoms with Crippen molar-refractivity contribution in [3.8, 4) is 21.8 Å². The lowest BCUT2D eigenvalue weighted by Gasteiger charge is -2.13. The average Bonchev–Trinajstić information content (AvgIpc) is 3.30. The zero-order chi connectivity index (χ0) is 28.5. The van der Waals surface area contributed by atoms with Crippen LogP contribution in [0.2, 0.25) is 0 Å². The molecule has 0 saturated carbocycles. The molecule has 2 aromatic heterocycles. The van der Waals surface area contributed by atoms with Crippen molar-refractivity contribution in [3.05, 3.63) is 71.1 Å². The third-order valence-electron chi connectivity index (χ3n) is 5.50. The fraction of sp³-hybridized carbons (Fsp3) is 0.296. The van der Waals surface area contributed by atoms with Gasteiger partial charge < -0.3 is 5.32 Å². The molecular formula is C27H28F3N5O2S2. The van der Waals surface area contributed by atoms with Crippen LogP contribution in [0.15, 0.2) is 53.6 Å². The van der Waals surface area contributed by atoms with Crippen LogP contribution in [0.25, 0.3) is 21.8 Å². The predicted molar refractivity (Wildman–Crippen MR) is 148 cm³/mol. The Kier molecular flexibility index (Phi) is 7.99. The van der Waals surface area contributed by atoms with Crippen LogP contribution in [0.4, 0.5) is 24.8 Å². The van der Waals surface area contributed by atoms with Gasteiger partial charge >= 0.3 is 0 Å². The first-order valence-corrected chi connectivity index (χ1v) is 14.4. The fourth-order valence-electron chi connectivity index (χ4n) is 3.56. The van der Waals surface area contributed by atoms with Crippen LogP contribution in [0, 0.1) is 23.4 Å². The van der Waals surface area contributed by atoms with Crippen LogP contribution in [0.5, 0.6) is 0 Å². The summed E-state index contributed by atoms with van der Waals surface area (Å²) >= 11 is 1.41. The maximum absolute atomic E-state index is 14.8. The topological polar surface area (TPSA) is 96.9 Å². The minimum Gasteiger partial charge on any atom is -0.354 e. The van der Waals surface area contributed by atoms with Crippen molar-refractivity contribution < 1.29 is 21.6 Å². The summed E-state index contributed by atoms with van der Waals surface area (Å²) in [4.78, 5) is 13.2. The van der Waals surface area contributed by atoms with Gasteiger partial charge in [0.05, 0.1) is 27.0 Å². The molecule has 12 heteroatoms. The van der Waals surface area contributed by atoms with Crippen molar-refractivity contribution in [2.75, 3.05) is 16.6 Å². The Morgan fingerprint density at radius 3 is 2.31 bits per heavy atom. The first-order valence-electron chi connectivity index (χ1n) is 12.1. The summed E-state index contributed by atoms with van der Waals surface area (Å²) in [5.41, 5.74) is 0.625. The van der Waals surface area contributed by atoms with E-state index in [0.717, 1.165) is 29.3 Å². The van der Waals surface area contributed by atoms with Crippen LogP contribution in [0.3, 0.4) is 0 Å². The third-order valence-corrected chi connectivity index (χ3v) is 8.42. The van der Waals surface area contributed by atoms with E-state index in [2.05, 4.69) is 29.1 Å². The number of hydrogen-bond acceptors (Lipinski definition) is 7. The maximum atomic E-state index is 14.8. The van der Waals surface area contributed by atoms with E-state index < -0.39 is 38.1 Å². The lowest BCUT2D eigenvalue weighted by atomic mass is 9.98. The number of hydrogen-bond donors (Lipinski definition) is 2. The molecule has 0 radical (unpaired) electrons. The van der Waals surface area contributed by atoms with Crippen LogP contribution in [0.1, 0.15) is 39.6 Å². The standard InChI is InChI=1S/C27H28F3N5O2S2/c1-15(2)14-32-26-31-12-11-20(33-26)23-22(34-25(38-23)27(3,4)5)16-9-10-17(28)21(13-16)35-39(36,37)24-18(29)7-6-8-19(24)30/h6-13,15,35H,14H2,1-5H3,(H,31,32,33). The zero-order valence-electron chi connectivity index (χ0n) is 22.0. The molecule has 0 amide bonds. The molecule has 0 atom stereocenters. The lowest BCUT2D eigenvalue weighted by molar-refractivity contribution is 0.521. The molecule has 0 aliphatic rings. The Morgan fingerprint density at radius 2 is 1.67 bits per heavy atom.